The van der Waals surface area contributed by atoms with Crippen molar-refractivity contribution in [3.05, 3.63) is 34.9 Å². The smallest absolute Gasteiger partial charge is 0.224 e. The Labute approximate surface area is 128 Å². The molecule has 1 aromatic rings. The zero-order valence-corrected chi connectivity index (χ0v) is 13.8. The number of benzene rings is 1. The van der Waals surface area contributed by atoms with Gasteiger partial charge in [-0.15, -0.1) is 0 Å². The van der Waals surface area contributed by atoms with Gasteiger partial charge in [-0.2, -0.15) is 0 Å². The van der Waals surface area contributed by atoms with Crippen molar-refractivity contribution in [1.82, 2.24) is 10.6 Å². The van der Waals surface area contributed by atoms with Gasteiger partial charge in [0.1, 0.15) is 0 Å². The number of carbonyl (C=O) groups excluding carboxylic acids is 1. The fraction of sp³-hybridized carbons (Fsp3) is 0.611. The Morgan fingerprint density at radius 1 is 1.33 bits per heavy atom. The number of rotatable bonds is 4. The molecule has 0 spiro atoms. The fourth-order valence-corrected chi connectivity index (χ4v) is 3.00. The highest BCUT2D eigenvalue weighted by molar-refractivity contribution is 5.78. The quantitative estimate of drug-likeness (QED) is 0.894. The molecule has 1 unspecified atom stereocenters. The standard InChI is InChI=1S/C18H28N2O/c1-13-6-7-15(10-14(13)2)11-17(21)20-12-16-18(3,4)8-5-9-19-16/h6-7,10,16,19H,5,8-9,11-12H2,1-4H3,(H,20,21). The topological polar surface area (TPSA) is 41.1 Å². The number of hydrogen-bond acceptors (Lipinski definition) is 2. The minimum absolute atomic E-state index is 0.112. The first-order chi connectivity index (χ1) is 9.88. The third-order valence-corrected chi connectivity index (χ3v) is 4.77. The highest BCUT2D eigenvalue weighted by Crippen LogP contribution is 2.29. The maximum atomic E-state index is 12.1. The van der Waals surface area contributed by atoms with Crippen molar-refractivity contribution < 1.29 is 4.79 Å². The Bertz CT molecular complexity index is 508. The molecule has 0 radical (unpaired) electrons. The number of amides is 1. The van der Waals surface area contributed by atoms with Gasteiger partial charge in [0.15, 0.2) is 0 Å². The molecule has 1 fully saturated rings. The van der Waals surface area contributed by atoms with Crippen LogP contribution in [0.5, 0.6) is 0 Å². The minimum Gasteiger partial charge on any atom is -0.354 e. The predicted octanol–water partition coefficient (Wildman–Crippen LogP) is 2.74. The van der Waals surface area contributed by atoms with Crippen LogP contribution in [0.25, 0.3) is 0 Å². The summed E-state index contributed by atoms with van der Waals surface area (Å²) in [6.07, 6.45) is 2.91. The van der Waals surface area contributed by atoms with Gasteiger partial charge in [-0.05, 0) is 55.3 Å². The number of nitrogens with one attached hydrogen (secondary N) is 2. The second-order valence-electron chi connectivity index (χ2n) is 7.00. The molecule has 0 bridgehead atoms. The van der Waals surface area contributed by atoms with Crippen LogP contribution in [-0.4, -0.2) is 25.0 Å². The van der Waals surface area contributed by atoms with Crippen molar-refractivity contribution >= 4 is 5.91 Å². The van der Waals surface area contributed by atoms with E-state index in [-0.39, 0.29) is 11.3 Å². The molecule has 1 aliphatic rings. The number of carbonyl (C=O) groups is 1. The first-order valence-electron chi connectivity index (χ1n) is 7.95. The lowest BCUT2D eigenvalue weighted by Gasteiger charge is -2.39. The molecule has 1 atom stereocenters. The van der Waals surface area contributed by atoms with E-state index in [2.05, 4.69) is 50.5 Å². The highest BCUT2D eigenvalue weighted by atomic mass is 16.1. The molecule has 1 heterocycles. The van der Waals surface area contributed by atoms with E-state index in [1.165, 1.54) is 24.0 Å². The van der Waals surface area contributed by atoms with Crippen LogP contribution in [0.2, 0.25) is 0 Å². The van der Waals surface area contributed by atoms with E-state index >= 15 is 0 Å². The molecule has 2 rings (SSSR count). The first kappa shape index (κ1) is 16.0. The molecule has 0 saturated carbocycles. The van der Waals surface area contributed by atoms with Crippen LogP contribution in [-0.2, 0) is 11.2 Å². The lowest BCUT2D eigenvalue weighted by molar-refractivity contribution is -0.120. The minimum atomic E-state index is 0.112. The van der Waals surface area contributed by atoms with Gasteiger partial charge < -0.3 is 10.6 Å². The average molecular weight is 288 g/mol. The molecule has 2 N–H and O–H groups in total. The lowest BCUT2D eigenvalue weighted by atomic mass is 9.77. The molecular weight excluding hydrogens is 260 g/mol. The van der Waals surface area contributed by atoms with E-state index in [4.69, 9.17) is 0 Å². The van der Waals surface area contributed by atoms with Crippen molar-refractivity contribution in [1.29, 1.82) is 0 Å². The number of aryl methyl sites for hydroxylation is 2. The summed E-state index contributed by atoms with van der Waals surface area (Å²) in [5, 5.41) is 6.62. The second kappa shape index (κ2) is 6.61. The average Bonchev–Trinajstić information content (AvgIpc) is 2.41. The van der Waals surface area contributed by atoms with Crippen LogP contribution in [0.4, 0.5) is 0 Å². The van der Waals surface area contributed by atoms with Gasteiger partial charge in [0.2, 0.25) is 5.91 Å². The summed E-state index contributed by atoms with van der Waals surface area (Å²) in [5.41, 5.74) is 3.86. The maximum Gasteiger partial charge on any atom is 0.224 e. The molecular formula is C18H28N2O. The molecule has 0 aromatic heterocycles. The SMILES string of the molecule is Cc1ccc(CC(=O)NCC2NCCCC2(C)C)cc1C. The molecule has 1 amide bonds. The van der Waals surface area contributed by atoms with Gasteiger partial charge in [-0.1, -0.05) is 32.0 Å². The van der Waals surface area contributed by atoms with Crippen molar-refractivity contribution in [2.45, 2.75) is 53.0 Å². The molecule has 1 aromatic carbocycles. The van der Waals surface area contributed by atoms with Crippen LogP contribution in [0.3, 0.4) is 0 Å². The second-order valence-corrected chi connectivity index (χ2v) is 7.00. The Hall–Kier alpha value is -1.35. The van der Waals surface area contributed by atoms with Gasteiger partial charge in [0, 0.05) is 12.6 Å². The summed E-state index contributed by atoms with van der Waals surface area (Å²) in [6.45, 7) is 10.5. The Morgan fingerprint density at radius 2 is 2.10 bits per heavy atom. The normalized spacial score (nSPS) is 21.0. The highest BCUT2D eigenvalue weighted by Gasteiger charge is 2.31. The van der Waals surface area contributed by atoms with E-state index in [0.29, 0.717) is 12.5 Å². The van der Waals surface area contributed by atoms with Crippen LogP contribution in [0.1, 0.15) is 43.4 Å². The van der Waals surface area contributed by atoms with Gasteiger partial charge in [-0.25, -0.2) is 0 Å². The summed E-state index contributed by atoms with van der Waals surface area (Å²) in [6, 6.07) is 6.61. The molecule has 21 heavy (non-hydrogen) atoms. The van der Waals surface area contributed by atoms with E-state index in [1.807, 2.05) is 6.07 Å². The molecule has 3 nitrogen and oxygen atoms in total. The molecule has 116 valence electrons. The van der Waals surface area contributed by atoms with Crippen molar-refractivity contribution in [3.63, 3.8) is 0 Å². The van der Waals surface area contributed by atoms with E-state index in [9.17, 15) is 4.79 Å². The lowest BCUT2D eigenvalue weighted by Crippen LogP contribution is -2.52. The van der Waals surface area contributed by atoms with E-state index in [0.717, 1.165) is 18.7 Å². The van der Waals surface area contributed by atoms with E-state index in [1.54, 1.807) is 0 Å². The summed E-state index contributed by atoms with van der Waals surface area (Å²) in [4.78, 5) is 12.1. The van der Waals surface area contributed by atoms with Gasteiger partial charge in [0.05, 0.1) is 6.42 Å². The van der Waals surface area contributed by atoms with Crippen molar-refractivity contribution in [3.8, 4) is 0 Å². The van der Waals surface area contributed by atoms with Crippen LogP contribution in [0.15, 0.2) is 18.2 Å². The van der Waals surface area contributed by atoms with Gasteiger partial charge in [0.25, 0.3) is 0 Å². The summed E-state index contributed by atoms with van der Waals surface area (Å²) >= 11 is 0. The maximum absolute atomic E-state index is 12.1. The third kappa shape index (κ3) is 4.31. The largest absolute Gasteiger partial charge is 0.354 e. The fourth-order valence-electron chi connectivity index (χ4n) is 3.00. The Kier molecular flexibility index (Phi) is 5.04. The van der Waals surface area contributed by atoms with Gasteiger partial charge >= 0.3 is 0 Å². The van der Waals surface area contributed by atoms with Gasteiger partial charge in [-0.3, -0.25) is 4.79 Å². The van der Waals surface area contributed by atoms with Crippen molar-refractivity contribution in [2.75, 3.05) is 13.1 Å². The van der Waals surface area contributed by atoms with E-state index < -0.39 is 0 Å². The summed E-state index contributed by atoms with van der Waals surface area (Å²) < 4.78 is 0. The zero-order chi connectivity index (χ0) is 15.5. The Balaban J connectivity index is 1.85. The van der Waals surface area contributed by atoms with Crippen LogP contribution >= 0.6 is 0 Å². The predicted molar refractivity (Wildman–Crippen MR) is 87.4 cm³/mol. The zero-order valence-electron chi connectivity index (χ0n) is 13.8. The third-order valence-electron chi connectivity index (χ3n) is 4.77. The number of hydrogen-bond donors (Lipinski definition) is 2. The monoisotopic (exact) mass is 288 g/mol. The first-order valence-corrected chi connectivity index (χ1v) is 7.95. The Morgan fingerprint density at radius 3 is 2.76 bits per heavy atom. The molecule has 3 heteroatoms. The molecule has 0 aliphatic carbocycles. The van der Waals surface area contributed by atoms with Crippen LogP contribution < -0.4 is 10.6 Å². The summed E-state index contributed by atoms with van der Waals surface area (Å²) in [7, 11) is 0. The van der Waals surface area contributed by atoms with Crippen LogP contribution in [0, 0.1) is 19.3 Å². The van der Waals surface area contributed by atoms with Crippen molar-refractivity contribution in [2.24, 2.45) is 5.41 Å². The number of piperidine rings is 1. The summed E-state index contributed by atoms with van der Waals surface area (Å²) in [5.74, 6) is 0.112. The molecule has 1 aliphatic heterocycles. The molecule has 1 saturated heterocycles.